The first-order valence-electron chi connectivity index (χ1n) is 9.06. The second-order valence-corrected chi connectivity index (χ2v) is 8.97. The minimum absolute atomic E-state index is 0.292. The fraction of sp³-hybridized carbons (Fsp3) is 0.136. The van der Waals surface area contributed by atoms with Crippen LogP contribution in [0.3, 0.4) is 0 Å². The van der Waals surface area contributed by atoms with Crippen molar-refractivity contribution in [2.75, 3.05) is 17.2 Å². The molecule has 7 heteroatoms. The van der Waals surface area contributed by atoms with E-state index >= 15 is 0 Å². The number of hydrogen-bond acceptors (Lipinski definition) is 6. The van der Waals surface area contributed by atoms with Crippen LogP contribution in [0.25, 0.3) is 11.1 Å². The maximum atomic E-state index is 10.8. The predicted octanol–water partition coefficient (Wildman–Crippen LogP) is 4.75. The van der Waals surface area contributed by atoms with Crippen molar-refractivity contribution in [3.8, 4) is 11.1 Å². The molecule has 2 aromatic carbocycles. The first-order chi connectivity index (χ1) is 13.9. The summed E-state index contributed by atoms with van der Waals surface area (Å²) >= 11 is 1.56. The molecule has 0 atom stereocenters. The van der Waals surface area contributed by atoms with Gasteiger partial charge in [0.2, 0.25) is 0 Å². The fourth-order valence-corrected chi connectivity index (χ4v) is 4.34. The van der Waals surface area contributed by atoms with Crippen LogP contribution in [0.5, 0.6) is 0 Å². The smallest absolute Gasteiger partial charge is 0.0946 e. The molecular weight excluding hydrogens is 404 g/mol. The van der Waals surface area contributed by atoms with Crippen molar-refractivity contribution in [1.29, 1.82) is 0 Å². The number of thioether (sulfide) groups is 1. The minimum atomic E-state index is -4.17. The molecular formula is C22H21N2O3S2-. The summed E-state index contributed by atoms with van der Waals surface area (Å²) in [4.78, 5) is 6.87. The minimum Gasteiger partial charge on any atom is -0.748 e. The van der Waals surface area contributed by atoms with Crippen LogP contribution in [0, 0.1) is 0 Å². The third kappa shape index (κ3) is 6.19. The molecule has 0 bridgehead atoms. The largest absolute Gasteiger partial charge is 0.748 e. The van der Waals surface area contributed by atoms with E-state index in [1.54, 1.807) is 24.2 Å². The van der Waals surface area contributed by atoms with Gasteiger partial charge < -0.3 is 9.45 Å². The highest BCUT2D eigenvalue weighted by Crippen LogP contribution is 2.46. The summed E-state index contributed by atoms with van der Waals surface area (Å²) in [7, 11) is -4.17. The molecule has 2 heterocycles. The van der Waals surface area contributed by atoms with Gasteiger partial charge in [-0.25, -0.2) is 8.42 Å². The third-order valence-electron chi connectivity index (χ3n) is 4.23. The fourth-order valence-electron chi connectivity index (χ4n) is 2.90. The average molecular weight is 426 g/mol. The number of pyridine rings is 1. The van der Waals surface area contributed by atoms with Crippen LogP contribution in [0.4, 0.5) is 5.69 Å². The van der Waals surface area contributed by atoms with Crippen molar-refractivity contribution >= 4 is 27.6 Å². The van der Waals surface area contributed by atoms with E-state index in [0.717, 1.165) is 26.7 Å². The SMILES string of the molecule is C=C1Sc2ccc(-c3ccccc3)cc2N1CCCS(=O)(=O)[O-].c1ccncc1. The summed E-state index contributed by atoms with van der Waals surface area (Å²) in [6.07, 6.45) is 3.79. The quantitative estimate of drug-likeness (QED) is 0.549. The van der Waals surface area contributed by atoms with Crippen molar-refractivity contribution in [2.24, 2.45) is 0 Å². The Bertz CT molecular complexity index is 1030. The van der Waals surface area contributed by atoms with E-state index in [9.17, 15) is 13.0 Å². The van der Waals surface area contributed by atoms with Gasteiger partial charge in [-0.05, 0) is 41.8 Å². The Kier molecular flexibility index (Phi) is 7.09. The Hall–Kier alpha value is -2.61. The molecule has 0 amide bonds. The van der Waals surface area contributed by atoms with Crippen LogP contribution >= 0.6 is 11.8 Å². The van der Waals surface area contributed by atoms with Gasteiger partial charge in [0.05, 0.1) is 20.8 Å². The van der Waals surface area contributed by atoms with E-state index in [0.29, 0.717) is 13.0 Å². The third-order valence-corrected chi connectivity index (χ3v) is 6.04. The van der Waals surface area contributed by atoms with Crippen molar-refractivity contribution in [3.05, 3.63) is 90.7 Å². The molecule has 0 unspecified atom stereocenters. The summed E-state index contributed by atoms with van der Waals surface area (Å²) in [6, 6.07) is 22.0. The molecule has 0 saturated carbocycles. The molecule has 29 heavy (non-hydrogen) atoms. The first-order valence-corrected chi connectivity index (χ1v) is 11.5. The Balaban J connectivity index is 0.000000343. The lowest BCUT2D eigenvalue weighted by Crippen LogP contribution is -2.21. The molecule has 0 N–H and O–H groups in total. The van der Waals surface area contributed by atoms with Crippen LogP contribution in [-0.4, -0.2) is 30.3 Å². The molecule has 4 rings (SSSR count). The van der Waals surface area contributed by atoms with Crippen LogP contribution < -0.4 is 4.90 Å². The summed E-state index contributed by atoms with van der Waals surface area (Å²) < 4.78 is 32.3. The number of hydrogen-bond donors (Lipinski definition) is 0. The highest BCUT2D eigenvalue weighted by Gasteiger charge is 2.23. The Morgan fingerprint density at radius 2 is 1.66 bits per heavy atom. The van der Waals surface area contributed by atoms with Gasteiger partial charge in [-0.1, -0.05) is 60.8 Å². The molecule has 0 saturated heterocycles. The normalized spacial score (nSPS) is 12.9. The van der Waals surface area contributed by atoms with E-state index in [4.69, 9.17) is 0 Å². The molecule has 3 aromatic rings. The van der Waals surface area contributed by atoms with Gasteiger partial charge in [-0.15, -0.1) is 0 Å². The van der Waals surface area contributed by atoms with Gasteiger partial charge in [0.25, 0.3) is 0 Å². The standard InChI is InChI=1S/C17H17NO3S2.C5H5N/c1-13-18(10-5-11-23(19,20)21)16-12-15(8-9-17(16)22-13)14-6-3-2-4-7-14;1-2-4-6-5-3-1/h2-4,6-9,12H,1,5,10-11H2,(H,19,20,21);1-5H/p-1. The monoisotopic (exact) mass is 425 g/mol. The molecule has 150 valence electrons. The molecule has 5 nitrogen and oxygen atoms in total. The zero-order valence-corrected chi connectivity index (χ0v) is 17.4. The van der Waals surface area contributed by atoms with Gasteiger partial charge in [-0.2, -0.15) is 0 Å². The first kappa shape index (κ1) is 21.1. The van der Waals surface area contributed by atoms with Crippen molar-refractivity contribution < 1.29 is 13.0 Å². The number of benzene rings is 2. The number of anilines is 1. The second-order valence-electron chi connectivity index (χ2n) is 6.34. The molecule has 1 aliphatic heterocycles. The molecule has 0 fully saturated rings. The Labute approximate surface area is 175 Å². The zero-order chi connectivity index (χ0) is 20.7. The maximum Gasteiger partial charge on any atom is 0.0946 e. The molecule has 1 aromatic heterocycles. The Morgan fingerprint density at radius 3 is 2.24 bits per heavy atom. The predicted molar refractivity (Wildman–Crippen MR) is 118 cm³/mol. The van der Waals surface area contributed by atoms with Crippen molar-refractivity contribution in [1.82, 2.24) is 4.98 Å². The molecule has 1 aliphatic rings. The van der Waals surface area contributed by atoms with Gasteiger partial charge in [0.1, 0.15) is 0 Å². The van der Waals surface area contributed by atoms with E-state index in [1.165, 1.54) is 0 Å². The van der Waals surface area contributed by atoms with E-state index in [2.05, 4.69) is 29.8 Å². The van der Waals surface area contributed by atoms with Gasteiger partial charge in [0, 0.05) is 29.6 Å². The van der Waals surface area contributed by atoms with Crippen LogP contribution in [0.1, 0.15) is 6.42 Å². The second kappa shape index (κ2) is 9.73. The van der Waals surface area contributed by atoms with Gasteiger partial charge in [0.15, 0.2) is 0 Å². The maximum absolute atomic E-state index is 10.8. The summed E-state index contributed by atoms with van der Waals surface area (Å²) in [5.74, 6) is -0.352. The van der Waals surface area contributed by atoms with Crippen molar-refractivity contribution in [3.63, 3.8) is 0 Å². The zero-order valence-electron chi connectivity index (χ0n) is 15.8. The highest BCUT2D eigenvalue weighted by molar-refractivity contribution is 8.03. The highest BCUT2D eigenvalue weighted by atomic mass is 32.2. The number of nitrogens with zero attached hydrogens (tertiary/aromatic N) is 2. The lowest BCUT2D eigenvalue weighted by atomic mass is 10.0. The summed E-state index contributed by atoms with van der Waals surface area (Å²) in [5, 5.41) is 0.855. The Morgan fingerprint density at radius 1 is 0.966 bits per heavy atom. The molecule has 0 radical (unpaired) electrons. The van der Waals surface area contributed by atoms with Crippen LogP contribution in [0.15, 0.2) is 95.6 Å². The van der Waals surface area contributed by atoms with E-state index in [-0.39, 0.29) is 5.75 Å². The number of fused-ring (bicyclic) bond motifs is 1. The molecule has 0 aliphatic carbocycles. The number of aromatic nitrogens is 1. The van der Waals surface area contributed by atoms with E-state index in [1.807, 2.05) is 53.4 Å². The van der Waals surface area contributed by atoms with Gasteiger partial charge >= 0.3 is 0 Å². The topological polar surface area (TPSA) is 73.3 Å². The van der Waals surface area contributed by atoms with Crippen LogP contribution in [0.2, 0.25) is 0 Å². The van der Waals surface area contributed by atoms with Crippen LogP contribution in [-0.2, 0) is 10.1 Å². The van der Waals surface area contributed by atoms with Gasteiger partial charge in [-0.3, -0.25) is 4.98 Å². The van der Waals surface area contributed by atoms with E-state index < -0.39 is 10.1 Å². The summed E-state index contributed by atoms with van der Waals surface area (Å²) in [6.45, 7) is 4.50. The summed E-state index contributed by atoms with van der Waals surface area (Å²) in [5.41, 5.74) is 3.24. The lowest BCUT2D eigenvalue weighted by Gasteiger charge is -2.20. The number of rotatable bonds is 5. The average Bonchev–Trinajstić information content (AvgIpc) is 3.04. The lowest BCUT2D eigenvalue weighted by molar-refractivity contribution is 0.461. The van der Waals surface area contributed by atoms with Crippen molar-refractivity contribution in [2.45, 2.75) is 11.3 Å². The molecule has 0 spiro atoms.